The number of hydrogen-bond acceptors (Lipinski definition) is 2. The summed E-state index contributed by atoms with van der Waals surface area (Å²) < 4.78 is 1.49. The number of nitrogens with one attached hydrogen (secondary N) is 1. The van der Waals surface area contributed by atoms with Gasteiger partial charge in [0.1, 0.15) is 0 Å². The number of thiophene rings is 1. The summed E-state index contributed by atoms with van der Waals surface area (Å²) in [5, 5.41) is 5.01. The molecule has 1 nitrogen and oxygen atoms in total. The van der Waals surface area contributed by atoms with Crippen LogP contribution in [-0.4, -0.2) is 6.54 Å². The summed E-state index contributed by atoms with van der Waals surface area (Å²) in [6.07, 6.45) is 1.19. The van der Waals surface area contributed by atoms with Gasteiger partial charge in [-0.05, 0) is 54.8 Å². The summed E-state index contributed by atoms with van der Waals surface area (Å²) in [7, 11) is 0. The Hall–Kier alpha value is -0.860. The highest BCUT2D eigenvalue weighted by Crippen LogP contribution is 2.37. The van der Waals surface area contributed by atoms with Gasteiger partial charge in [0.2, 0.25) is 0 Å². The van der Waals surface area contributed by atoms with Gasteiger partial charge in [0.05, 0.1) is 0 Å². The van der Waals surface area contributed by atoms with E-state index in [2.05, 4.69) is 52.1 Å². The summed E-state index contributed by atoms with van der Waals surface area (Å²) in [6, 6.07) is 4.52. The third kappa shape index (κ3) is 3.01. The van der Waals surface area contributed by atoms with E-state index in [1.165, 1.54) is 32.5 Å². The van der Waals surface area contributed by atoms with Crippen LogP contribution in [0.4, 0.5) is 0 Å². The van der Waals surface area contributed by atoms with Crippen LogP contribution in [0.3, 0.4) is 0 Å². The van der Waals surface area contributed by atoms with Gasteiger partial charge in [0.25, 0.3) is 0 Å². The van der Waals surface area contributed by atoms with E-state index in [0.29, 0.717) is 5.92 Å². The third-order valence-corrected chi connectivity index (χ3v) is 4.94. The number of fused-ring (bicyclic) bond motifs is 1. The van der Waals surface area contributed by atoms with E-state index in [0.717, 1.165) is 13.1 Å². The van der Waals surface area contributed by atoms with E-state index in [9.17, 15) is 0 Å². The van der Waals surface area contributed by atoms with Crippen LogP contribution >= 0.6 is 11.3 Å². The molecular weight excluding hydrogens is 250 g/mol. The van der Waals surface area contributed by atoms with Gasteiger partial charge in [-0.15, -0.1) is 11.3 Å². The average Bonchev–Trinajstić information content (AvgIpc) is 2.71. The van der Waals surface area contributed by atoms with Crippen LogP contribution < -0.4 is 5.32 Å². The smallest absolute Gasteiger partial charge is 0.0380 e. The summed E-state index contributed by atoms with van der Waals surface area (Å²) in [5.74, 6) is 0.707. The summed E-state index contributed by atoms with van der Waals surface area (Å²) in [6.45, 7) is 13.3. The maximum absolute atomic E-state index is 3.49. The van der Waals surface area contributed by atoms with Crippen LogP contribution in [0.25, 0.3) is 10.1 Å². The van der Waals surface area contributed by atoms with Crippen molar-refractivity contribution in [3.05, 3.63) is 33.7 Å². The molecule has 1 N–H and O–H groups in total. The lowest BCUT2D eigenvalue weighted by Gasteiger charge is -2.09. The minimum atomic E-state index is 0.707. The van der Waals surface area contributed by atoms with Crippen LogP contribution in [0.5, 0.6) is 0 Å². The number of rotatable bonds is 5. The Morgan fingerprint density at radius 1 is 1.16 bits per heavy atom. The van der Waals surface area contributed by atoms with Gasteiger partial charge in [-0.1, -0.05) is 32.9 Å². The fourth-order valence-electron chi connectivity index (χ4n) is 2.62. The van der Waals surface area contributed by atoms with Gasteiger partial charge < -0.3 is 5.32 Å². The minimum absolute atomic E-state index is 0.707. The predicted molar refractivity (Wildman–Crippen MR) is 87.2 cm³/mol. The second-order valence-electron chi connectivity index (χ2n) is 5.79. The van der Waals surface area contributed by atoms with Crippen molar-refractivity contribution in [2.24, 2.45) is 5.92 Å². The molecule has 0 amide bonds. The highest BCUT2D eigenvalue weighted by molar-refractivity contribution is 7.19. The summed E-state index contributed by atoms with van der Waals surface area (Å²) in [5.41, 5.74) is 4.42. The molecule has 0 aliphatic heterocycles. The molecular formula is C17H25NS. The molecule has 0 radical (unpaired) electrons. The van der Waals surface area contributed by atoms with Gasteiger partial charge in [-0.3, -0.25) is 0 Å². The molecule has 2 aromatic rings. The first-order chi connectivity index (χ1) is 9.04. The second-order valence-corrected chi connectivity index (χ2v) is 6.89. The number of aryl methyl sites for hydroxylation is 2. The Bertz CT molecular complexity index is 566. The van der Waals surface area contributed by atoms with Crippen molar-refractivity contribution in [2.75, 3.05) is 6.54 Å². The first-order valence-electron chi connectivity index (χ1n) is 7.25. The third-order valence-electron chi connectivity index (χ3n) is 3.57. The summed E-state index contributed by atoms with van der Waals surface area (Å²) in [4.78, 5) is 1.53. The topological polar surface area (TPSA) is 12.0 Å². The van der Waals surface area contributed by atoms with Crippen molar-refractivity contribution >= 4 is 21.4 Å². The van der Waals surface area contributed by atoms with E-state index >= 15 is 0 Å². The lowest BCUT2D eigenvalue weighted by atomic mass is 9.96. The molecule has 0 unspecified atom stereocenters. The molecule has 19 heavy (non-hydrogen) atoms. The maximum atomic E-state index is 3.49. The Balaban J connectivity index is 2.59. The average molecular weight is 275 g/mol. The largest absolute Gasteiger partial charge is 0.312 e. The molecule has 2 heteroatoms. The van der Waals surface area contributed by atoms with Crippen molar-refractivity contribution in [2.45, 2.75) is 47.6 Å². The van der Waals surface area contributed by atoms with Crippen LogP contribution in [0.2, 0.25) is 0 Å². The van der Waals surface area contributed by atoms with Crippen molar-refractivity contribution in [3.8, 4) is 0 Å². The van der Waals surface area contributed by atoms with Gasteiger partial charge in [0.15, 0.2) is 0 Å². The molecule has 0 atom stereocenters. The first-order valence-corrected chi connectivity index (χ1v) is 8.07. The predicted octanol–water partition coefficient (Wildman–Crippen LogP) is 4.83. The molecule has 1 aromatic heterocycles. The highest BCUT2D eigenvalue weighted by Gasteiger charge is 2.16. The fourth-order valence-corrected chi connectivity index (χ4v) is 3.97. The van der Waals surface area contributed by atoms with Crippen LogP contribution in [0, 0.1) is 19.8 Å². The van der Waals surface area contributed by atoms with Crippen LogP contribution in [0.1, 0.15) is 42.3 Å². The number of benzene rings is 1. The molecule has 0 aliphatic carbocycles. The van der Waals surface area contributed by atoms with Crippen molar-refractivity contribution in [1.82, 2.24) is 5.32 Å². The molecule has 0 saturated carbocycles. The zero-order valence-corrected chi connectivity index (χ0v) is 13.6. The molecule has 1 aromatic carbocycles. The normalized spacial score (nSPS) is 11.7. The van der Waals surface area contributed by atoms with Gasteiger partial charge in [-0.25, -0.2) is 0 Å². The molecule has 0 bridgehead atoms. The molecule has 1 heterocycles. The molecule has 0 aliphatic rings. The molecule has 2 rings (SSSR count). The van der Waals surface area contributed by atoms with Crippen molar-refractivity contribution < 1.29 is 0 Å². The van der Waals surface area contributed by atoms with E-state index < -0.39 is 0 Å². The minimum Gasteiger partial charge on any atom is -0.312 e. The van der Waals surface area contributed by atoms with E-state index in [-0.39, 0.29) is 0 Å². The lowest BCUT2D eigenvalue weighted by molar-refractivity contribution is 0.641. The van der Waals surface area contributed by atoms with Gasteiger partial charge in [0, 0.05) is 16.1 Å². The zero-order valence-electron chi connectivity index (χ0n) is 12.8. The fraction of sp³-hybridized carbons (Fsp3) is 0.529. The SMILES string of the molecule is CCNCc1sc2c(C)ccc(C)c2c1CC(C)C. The lowest BCUT2D eigenvalue weighted by Crippen LogP contribution is -2.12. The molecule has 0 saturated heterocycles. The summed E-state index contributed by atoms with van der Waals surface area (Å²) >= 11 is 1.98. The Kier molecular flexibility index (Phi) is 4.64. The molecule has 0 fully saturated rings. The Morgan fingerprint density at radius 3 is 2.47 bits per heavy atom. The maximum Gasteiger partial charge on any atom is 0.0380 e. The first kappa shape index (κ1) is 14.5. The van der Waals surface area contributed by atoms with E-state index in [1.54, 1.807) is 5.56 Å². The molecule has 104 valence electrons. The zero-order chi connectivity index (χ0) is 14.0. The molecule has 0 spiro atoms. The highest BCUT2D eigenvalue weighted by atomic mass is 32.1. The van der Waals surface area contributed by atoms with Gasteiger partial charge in [-0.2, -0.15) is 0 Å². The Morgan fingerprint density at radius 2 is 1.84 bits per heavy atom. The quantitative estimate of drug-likeness (QED) is 0.824. The van der Waals surface area contributed by atoms with E-state index in [4.69, 9.17) is 0 Å². The van der Waals surface area contributed by atoms with Crippen LogP contribution in [-0.2, 0) is 13.0 Å². The Labute approximate surface area is 121 Å². The van der Waals surface area contributed by atoms with E-state index in [1.807, 2.05) is 11.3 Å². The van der Waals surface area contributed by atoms with Crippen molar-refractivity contribution in [1.29, 1.82) is 0 Å². The van der Waals surface area contributed by atoms with Crippen molar-refractivity contribution in [3.63, 3.8) is 0 Å². The monoisotopic (exact) mass is 275 g/mol. The standard InChI is InChI=1S/C17H25NS/c1-6-18-10-15-14(9-11(2)3)16-12(4)7-8-13(5)17(16)19-15/h7-8,11,18H,6,9-10H2,1-5H3. The van der Waals surface area contributed by atoms with Gasteiger partial charge >= 0.3 is 0 Å². The number of hydrogen-bond donors (Lipinski definition) is 1. The second kappa shape index (κ2) is 6.06. The van der Waals surface area contributed by atoms with Crippen LogP contribution in [0.15, 0.2) is 12.1 Å².